The predicted molar refractivity (Wildman–Crippen MR) is 92.0 cm³/mol. The van der Waals surface area contributed by atoms with E-state index in [0.717, 1.165) is 0 Å². The lowest BCUT2D eigenvalue weighted by Gasteiger charge is -2.13. The quantitative estimate of drug-likeness (QED) is 0.314. The van der Waals surface area contributed by atoms with Gasteiger partial charge in [0.05, 0.1) is 40.2 Å². The average Bonchev–Trinajstić information content (AvgIpc) is 2.42. The van der Waals surface area contributed by atoms with Gasteiger partial charge in [0.1, 0.15) is 0 Å². The maximum Gasteiger partial charge on any atom is 0.0800 e. The highest BCUT2D eigenvalue weighted by molar-refractivity contribution is 6.54. The van der Waals surface area contributed by atoms with Gasteiger partial charge < -0.3 is 0 Å². The van der Waals surface area contributed by atoms with Crippen LogP contribution in [0.25, 0.3) is 11.1 Å². The predicted octanol–water partition coefficient (Wildman–Crippen LogP) is 8.58. The lowest BCUT2D eigenvalue weighted by atomic mass is 10.1. The fourth-order valence-electron chi connectivity index (χ4n) is 1.54. The van der Waals surface area contributed by atoms with E-state index in [-0.39, 0.29) is 40.2 Å². The number of hydrogen-bond donors (Lipinski definition) is 0. The number of rotatable bonds is 1. The molecule has 0 radical (unpaired) electrons. The van der Waals surface area contributed by atoms with Crippen LogP contribution in [0.3, 0.4) is 0 Å². The van der Waals surface area contributed by atoms with Crippen molar-refractivity contribution in [1.29, 1.82) is 0 Å². The molecule has 0 amide bonds. The smallest absolute Gasteiger partial charge is 0.0800 e. The second-order valence-corrected chi connectivity index (χ2v) is 6.78. The Morgan fingerprint density at radius 1 is 0.400 bits per heavy atom. The first-order chi connectivity index (χ1) is 9.25. The van der Waals surface area contributed by atoms with E-state index < -0.39 is 0 Å². The Bertz CT molecular complexity index is 646. The molecule has 0 saturated heterocycles. The van der Waals surface area contributed by atoms with Gasteiger partial charge in [-0.1, -0.05) is 92.8 Å². The third-order valence-electron chi connectivity index (χ3n) is 2.50. The van der Waals surface area contributed by atoms with Crippen LogP contribution in [0.15, 0.2) is 12.1 Å². The summed E-state index contributed by atoms with van der Waals surface area (Å²) in [6.45, 7) is 0. The molecule has 2 aromatic carbocycles. The molecule has 20 heavy (non-hydrogen) atoms. The first-order valence-electron chi connectivity index (χ1n) is 4.92. The summed E-state index contributed by atoms with van der Waals surface area (Å²) in [5.74, 6) is 0. The van der Waals surface area contributed by atoms with Crippen molar-refractivity contribution in [3.05, 3.63) is 52.3 Å². The first-order valence-corrected chi connectivity index (χ1v) is 7.94. The topological polar surface area (TPSA) is 0 Å². The van der Waals surface area contributed by atoms with Crippen molar-refractivity contribution in [2.45, 2.75) is 0 Å². The molecule has 0 aliphatic rings. The van der Waals surface area contributed by atoms with Crippen LogP contribution >= 0.6 is 92.8 Å². The highest BCUT2D eigenvalue weighted by Gasteiger charge is 2.20. The summed E-state index contributed by atoms with van der Waals surface area (Å²) in [7, 11) is 0. The fraction of sp³-hybridized carbons (Fsp3) is 0. The van der Waals surface area contributed by atoms with Crippen molar-refractivity contribution < 1.29 is 0 Å². The second-order valence-electron chi connectivity index (χ2n) is 3.70. The monoisotopic (exact) mass is 426 g/mol. The van der Waals surface area contributed by atoms with E-state index in [1.165, 1.54) is 12.1 Å². The van der Waals surface area contributed by atoms with Gasteiger partial charge in [0.15, 0.2) is 0 Å². The van der Waals surface area contributed by atoms with E-state index in [0.29, 0.717) is 11.1 Å². The van der Waals surface area contributed by atoms with Crippen LogP contribution in [-0.4, -0.2) is 0 Å². The normalized spacial score (nSPS) is 11.0. The number of halogens is 8. The summed E-state index contributed by atoms with van der Waals surface area (Å²) < 4.78 is 0. The first kappa shape index (κ1) is 17.1. The third-order valence-corrected chi connectivity index (χ3v) is 6.00. The van der Waals surface area contributed by atoms with Crippen LogP contribution < -0.4 is 0 Å². The molecule has 2 aromatic rings. The Hall–Kier alpha value is 0.760. The van der Waals surface area contributed by atoms with E-state index in [2.05, 4.69) is 0 Å². The highest BCUT2D eigenvalue weighted by atomic mass is 35.5. The van der Waals surface area contributed by atoms with E-state index in [4.69, 9.17) is 92.8 Å². The van der Waals surface area contributed by atoms with Crippen molar-refractivity contribution in [2.75, 3.05) is 0 Å². The van der Waals surface area contributed by atoms with Gasteiger partial charge in [-0.15, -0.1) is 0 Å². The molecule has 2 rings (SSSR count). The summed E-state index contributed by atoms with van der Waals surface area (Å²) in [4.78, 5) is 0. The van der Waals surface area contributed by atoms with Crippen molar-refractivity contribution in [3.63, 3.8) is 0 Å². The lowest BCUT2D eigenvalue weighted by Crippen LogP contribution is -1.87. The van der Waals surface area contributed by atoms with Crippen LogP contribution in [-0.2, 0) is 0 Å². The molecule has 0 heterocycles. The fourth-order valence-corrected chi connectivity index (χ4v) is 3.35. The zero-order chi connectivity index (χ0) is 15.2. The minimum atomic E-state index is 0.120. The van der Waals surface area contributed by atoms with E-state index >= 15 is 0 Å². The zero-order valence-corrected chi connectivity index (χ0v) is 15.2. The van der Waals surface area contributed by atoms with Gasteiger partial charge >= 0.3 is 0 Å². The molecule has 0 unspecified atom stereocenters. The Kier molecular flexibility index (Phi) is 5.55. The van der Waals surface area contributed by atoms with Gasteiger partial charge in [-0.2, -0.15) is 0 Å². The molecule has 0 aromatic heterocycles. The molecule has 0 aliphatic carbocycles. The van der Waals surface area contributed by atoms with E-state index in [1.54, 1.807) is 0 Å². The minimum Gasteiger partial charge on any atom is -0.0826 e. The number of hydrogen-bond acceptors (Lipinski definition) is 0. The maximum atomic E-state index is 6.17. The molecule has 0 saturated carbocycles. The lowest BCUT2D eigenvalue weighted by molar-refractivity contribution is 1.61. The van der Waals surface area contributed by atoms with Gasteiger partial charge in [-0.25, -0.2) is 0 Å². The zero-order valence-electron chi connectivity index (χ0n) is 9.18. The molecule has 0 aliphatic heterocycles. The Balaban J connectivity index is 2.83. The Morgan fingerprint density at radius 2 is 0.700 bits per heavy atom. The van der Waals surface area contributed by atoms with E-state index in [9.17, 15) is 0 Å². The molecule has 0 spiro atoms. The van der Waals surface area contributed by atoms with Crippen molar-refractivity contribution in [2.24, 2.45) is 0 Å². The van der Waals surface area contributed by atoms with E-state index in [1.807, 2.05) is 0 Å². The molecule has 0 atom stereocenters. The average molecular weight is 430 g/mol. The van der Waals surface area contributed by atoms with Crippen LogP contribution in [0, 0.1) is 0 Å². The highest BCUT2D eigenvalue weighted by Crippen LogP contribution is 2.48. The molecule has 0 fully saturated rings. The molecule has 0 N–H and O–H groups in total. The minimum absolute atomic E-state index is 0.120. The van der Waals surface area contributed by atoms with Gasteiger partial charge in [0.25, 0.3) is 0 Å². The summed E-state index contributed by atoms with van der Waals surface area (Å²) >= 11 is 48.2. The molecule has 106 valence electrons. The van der Waals surface area contributed by atoms with Crippen molar-refractivity contribution in [3.8, 4) is 11.1 Å². The third kappa shape index (κ3) is 2.95. The summed E-state index contributed by atoms with van der Waals surface area (Å²) in [6, 6.07) is 3.06. The van der Waals surface area contributed by atoms with Gasteiger partial charge in [-0.05, 0) is 12.1 Å². The van der Waals surface area contributed by atoms with Crippen molar-refractivity contribution in [1.82, 2.24) is 0 Å². The standard InChI is InChI=1S/C12H2Cl8/c13-5-1-3(7(15)11(19)9(5)17)4-2-6(14)10(18)12(20)8(4)16/h1-2H. The van der Waals surface area contributed by atoms with Gasteiger partial charge in [0.2, 0.25) is 0 Å². The maximum absolute atomic E-state index is 6.17. The van der Waals surface area contributed by atoms with Crippen molar-refractivity contribution >= 4 is 92.8 Å². The SMILES string of the molecule is Clc1cc(-c2cc(Cl)c(Cl)c(Cl)c2Cl)c(Cl)c(Cl)c1Cl. The summed E-state index contributed by atoms with van der Waals surface area (Å²) in [6.07, 6.45) is 0. The molecule has 0 bridgehead atoms. The van der Waals surface area contributed by atoms with Crippen LogP contribution in [0.4, 0.5) is 0 Å². The van der Waals surface area contributed by atoms with Crippen LogP contribution in [0.5, 0.6) is 0 Å². The summed E-state index contributed by atoms with van der Waals surface area (Å²) in [5, 5.41) is 1.40. The second kappa shape index (κ2) is 6.48. The summed E-state index contributed by atoms with van der Waals surface area (Å²) in [5.41, 5.74) is 0.910. The Labute approximate surface area is 155 Å². The van der Waals surface area contributed by atoms with Crippen LogP contribution in [0.2, 0.25) is 40.2 Å². The molecule has 8 heteroatoms. The van der Waals surface area contributed by atoms with Gasteiger partial charge in [0, 0.05) is 11.1 Å². The largest absolute Gasteiger partial charge is 0.0826 e. The van der Waals surface area contributed by atoms with Crippen LogP contribution in [0.1, 0.15) is 0 Å². The molecule has 0 nitrogen and oxygen atoms in total. The Morgan fingerprint density at radius 3 is 1.00 bits per heavy atom. The number of benzene rings is 2. The molecular weight excluding hydrogens is 428 g/mol. The van der Waals surface area contributed by atoms with Gasteiger partial charge in [-0.3, -0.25) is 0 Å². The molecular formula is C12H2Cl8.